The maximum atomic E-state index is 13.4. The van der Waals surface area contributed by atoms with E-state index < -0.39 is 0 Å². The van der Waals surface area contributed by atoms with E-state index in [4.69, 9.17) is 16.3 Å². The van der Waals surface area contributed by atoms with Crippen LogP contribution in [0.2, 0.25) is 5.02 Å². The zero-order valence-corrected chi connectivity index (χ0v) is 15.4. The second-order valence-electron chi connectivity index (χ2n) is 5.24. The third-order valence-corrected chi connectivity index (χ3v) is 4.66. The van der Waals surface area contributed by atoms with Crippen LogP contribution in [0.25, 0.3) is 5.69 Å². The normalized spacial score (nSPS) is 10.6. The third-order valence-electron chi connectivity index (χ3n) is 3.46. The molecule has 3 aromatic rings. The van der Waals surface area contributed by atoms with Crippen LogP contribution in [0, 0.1) is 5.82 Å². The Morgan fingerprint density at radius 3 is 2.96 bits per heavy atom. The summed E-state index contributed by atoms with van der Waals surface area (Å²) in [6.45, 7) is 0. The number of carbonyl (C=O) groups is 1. The molecule has 1 amide bonds. The molecule has 1 N–H and O–H groups in total. The lowest BCUT2D eigenvalue weighted by Gasteiger charge is -2.11. The molecule has 0 atom stereocenters. The van der Waals surface area contributed by atoms with E-state index in [-0.39, 0.29) is 17.5 Å². The van der Waals surface area contributed by atoms with E-state index in [1.54, 1.807) is 47.3 Å². The third kappa shape index (κ3) is 4.36. The summed E-state index contributed by atoms with van der Waals surface area (Å²) in [7, 11) is 1.52. The number of carbonyl (C=O) groups excluding carboxylic acids is 1. The molecule has 0 aliphatic carbocycles. The Hall–Kier alpha value is -2.51. The van der Waals surface area contributed by atoms with Crippen molar-refractivity contribution in [3.63, 3.8) is 0 Å². The monoisotopic (exact) mass is 391 g/mol. The van der Waals surface area contributed by atoms with E-state index >= 15 is 0 Å². The topological polar surface area (TPSA) is 56.1 Å². The van der Waals surface area contributed by atoms with Crippen LogP contribution >= 0.6 is 23.4 Å². The summed E-state index contributed by atoms with van der Waals surface area (Å²) in [4.78, 5) is 16.5. The van der Waals surface area contributed by atoms with Crippen LogP contribution in [0.3, 0.4) is 0 Å². The van der Waals surface area contributed by atoms with E-state index in [1.165, 1.54) is 31.0 Å². The lowest BCUT2D eigenvalue weighted by molar-refractivity contribution is -0.113. The molecule has 0 saturated carbocycles. The zero-order chi connectivity index (χ0) is 18.5. The average Bonchev–Trinajstić information content (AvgIpc) is 3.09. The van der Waals surface area contributed by atoms with E-state index in [0.29, 0.717) is 27.3 Å². The number of halogens is 2. The van der Waals surface area contributed by atoms with Crippen molar-refractivity contribution in [3.8, 4) is 11.4 Å². The highest BCUT2D eigenvalue weighted by atomic mass is 35.5. The van der Waals surface area contributed by atoms with Crippen molar-refractivity contribution in [2.24, 2.45) is 0 Å². The smallest absolute Gasteiger partial charge is 0.234 e. The molecule has 0 unspecified atom stereocenters. The molecule has 3 rings (SSSR count). The SMILES string of the molecule is COc1ccc(Cl)cc1NC(=O)CSc1nccn1-c1cccc(F)c1. The summed E-state index contributed by atoms with van der Waals surface area (Å²) in [5, 5.41) is 3.85. The molecule has 0 spiro atoms. The minimum Gasteiger partial charge on any atom is -0.495 e. The molecule has 0 bridgehead atoms. The molecule has 5 nitrogen and oxygen atoms in total. The lowest BCUT2D eigenvalue weighted by Crippen LogP contribution is -2.15. The largest absolute Gasteiger partial charge is 0.495 e. The molecule has 8 heteroatoms. The number of hydrogen-bond acceptors (Lipinski definition) is 4. The summed E-state index contributed by atoms with van der Waals surface area (Å²) >= 11 is 7.20. The van der Waals surface area contributed by atoms with Gasteiger partial charge in [0.25, 0.3) is 0 Å². The van der Waals surface area contributed by atoms with Crippen LogP contribution in [0.4, 0.5) is 10.1 Å². The summed E-state index contributed by atoms with van der Waals surface area (Å²) in [6.07, 6.45) is 3.32. The highest BCUT2D eigenvalue weighted by Crippen LogP contribution is 2.28. The molecule has 26 heavy (non-hydrogen) atoms. The van der Waals surface area contributed by atoms with Crippen LogP contribution in [0.5, 0.6) is 5.75 Å². The van der Waals surface area contributed by atoms with Crippen molar-refractivity contribution in [3.05, 3.63) is 65.7 Å². The minimum absolute atomic E-state index is 0.127. The number of methoxy groups -OCH3 is 1. The number of imidazole rings is 1. The van der Waals surface area contributed by atoms with Gasteiger partial charge in [0, 0.05) is 17.4 Å². The fourth-order valence-corrected chi connectivity index (χ4v) is 3.26. The maximum Gasteiger partial charge on any atom is 0.234 e. The lowest BCUT2D eigenvalue weighted by atomic mass is 10.3. The number of nitrogens with zero attached hydrogens (tertiary/aromatic N) is 2. The number of ether oxygens (including phenoxy) is 1. The standard InChI is InChI=1S/C18H15ClFN3O2S/c1-25-16-6-5-12(19)9-15(16)22-17(24)11-26-18-21-7-8-23(18)14-4-2-3-13(20)10-14/h2-10H,11H2,1H3,(H,22,24). The highest BCUT2D eigenvalue weighted by molar-refractivity contribution is 7.99. The highest BCUT2D eigenvalue weighted by Gasteiger charge is 2.12. The molecule has 0 fully saturated rings. The quantitative estimate of drug-likeness (QED) is 0.632. The van der Waals surface area contributed by atoms with E-state index in [2.05, 4.69) is 10.3 Å². The number of benzene rings is 2. The second-order valence-corrected chi connectivity index (χ2v) is 6.62. The zero-order valence-electron chi connectivity index (χ0n) is 13.8. The van der Waals surface area contributed by atoms with Crippen molar-refractivity contribution < 1.29 is 13.9 Å². The van der Waals surface area contributed by atoms with Gasteiger partial charge in [0.1, 0.15) is 11.6 Å². The van der Waals surface area contributed by atoms with Gasteiger partial charge in [-0.05, 0) is 36.4 Å². The maximum absolute atomic E-state index is 13.4. The van der Waals surface area contributed by atoms with Gasteiger partial charge >= 0.3 is 0 Å². The van der Waals surface area contributed by atoms with Gasteiger partial charge in [0.15, 0.2) is 5.16 Å². The predicted octanol–water partition coefficient (Wildman–Crippen LogP) is 4.40. The van der Waals surface area contributed by atoms with Gasteiger partial charge in [-0.3, -0.25) is 9.36 Å². The van der Waals surface area contributed by atoms with Gasteiger partial charge in [0.2, 0.25) is 5.91 Å². The molecule has 0 aliphatic heterocycles. The summed E-state index contributed by atoms with van der Waals surface area (Å²) < 4.78 is 20.4. The first-order valence-corrected chi connectivity index (χ1v) is 8.98. The van der Waals surface area contributed by atoms with Gasteiger partial charge in [-0.1, -0.05) is 29.4 Å². The number of thioether (sulfide) groups is 1. The van der Waals surface area contributed by atoms with Crippen LogP contribution in [0.15, 0.2) is 60.0 Å². The van der Waals surface area contributed by atoms with Crippen molar-refractivity contribution >= 4 is 35.0 Å². The number of aromatic nitrogens is 2. The van der Waals surface area contributed by atoms with Gasteiger partial charge in [-0.2, -0.15) is 0 Å². The number of rotatable bonds is 6. The Labute approximate surface area is 159 Å². The number of anilines is 1. The summed E-state index contributed by atoms with van der Waals surface area (Å²) in [6, 6.07) is 11.2. The Bertz CT molecular complexity index is 932. The fraction of sp³-hybridized carbons (Fsp3) is 0.111. The van der Waals surface area contributed by atoms with Crippen LogP contribution in [-0.2, 0) is 4.79 Å². The van der Waals surface area contributed by atoms with Crippen LogP contribution in [0.1, 0.15) is 0 Å². The molecule has 1 aromatic heterocycles. The first kappa shape index (κ1) is 18.3. The fourth-order valence-electron chi connectivity index (χ4n) is 2.31. The van der Waals surface area contributed by atoms with Gasteiger partial charge in [0.05, 0.1) is 24.2 Å². The Kier molecular flexibility index (Phi) is 5.80. The Morgan fingerprint density at radius 1 is 1.35 bits per heavy atom. The average molecular weight is 392 g/mol. The molecule has 0 aliphatic rings. The van der Waals surface area contributed by atoms with Crippen LogP contribution < -0.4 is 10.1 Å². The molecule has 1 heterocycles. The molecule has 134 valence electrons. The van der Waals surface area contributed by atoms with Crippen molar-refractivity contribution in [2.45, 2.75) is 5.16 Å². The number of hydrogen-bond donors (Lipinski definition) is 1. The summed E-state index contributed by atoms with van der Waals surface area (Å²) in [5.41, 5.74) is 1.14. The van der Waals surface area contributed by atoms with E-state index in [9.17, 15) is 9.18 Å². The van der Waals surface area contributed by atoms with E-state index in [1.807, 2.05) is 0 Å². The second kappa shape index (κ2) is 8.25. The van der Waals surface area contributed by atoms with Crippen molar-refractivity contribution in [1.82, 2.24) is 9.55 Å². The number of nitrogens with one attached hydrogen (secondary N) is 1. The molecular weight excluding hydrogens is 377 g/mol. The molecule has 0 saturated heterocycles. The molecular formula is C18H15ClFN3O2S. The van der Waals surface area contributed by atoms with Gasteiger partial charge in [-0.15, -0.1) is 0 Å². The van der Waals surface area contributed by atoms with E-state index in [0.717, 1.165) is 0 Å². The van der Waals surface area contributed by atoms with Crippen molar-refractivity contribution in [1.29, 1.82) is 0 Å². The first-order chi connectivity index (χ1) is 12.6. The van der Waals surface area contributed by atoms with Gasteiger partial charge < -0.3 is 10.1 Å². The first-order valence-electron chi connectivity index (χ1n) is 7.62. The Balaban J connectivity index is 1.68. The molecule has 2 aromatic carbocycles. The minimum atomic E-state index is -0.335. The summed E-state index contributed by atoms with van der Waals surface area (Å²) in [5.74, 6) is 0.0819. The predicted molar refractivity (Wildman–Crippen MR) is 101 cm³/mol. The van der Waals surface area contributed by atoms with Crippen LogP contribution in [-0.4, -0.2) is 28.3 Å². The number of amides is 1. The molecule has 0 radical (unpaired) electrons. The van der Waals surface area contributed by atoms with Crippen molar-refractivity contribution in [2.75, 3.05) is 18.2 Å². The van der Waals surface area contributed by atoms with Gasteiger partial charge in [-0.25, -0.2) is 9.37 Å². The Morgan fingerprint density at radius 2 is 2.19 bits per heavy atom.